The Bertz CT molecular complexity index is 221. The highest BCUT2D eigenvalue weighted by atomic mass is 32.1. The first-order valence-corrected chi connectivity index (χ1v) is 4.85. The second-order valence-electron chi connectivity index (χ2n) is 3.18. The van der Waals surface area contributed by atoms with Crippen LogP contribution in [0.25, 0.3) is 0 Å². The predicted molar refractivity (Wildman–Crippen MR) is 46.7 cm³/mol. The molecule has 0 radical (unpaired) electrons. The van der Waals surface area contributed by atoms with Crippen LogP contribution in [0, 0.1) is 0 Å². The van der Waals surface area contributed by atoms with Crippen molar-refractivity contribution in [2.45, 2.75) is 24.7 Å². The summed E-state index contributed by atoms with van der Waals surface area (Å²) in [7, 11) is 0. The minimum absolute atomic E-state index is 0.272. The molecule has 1 heterocycles. The first-order chi connectivity index (χ1) is 5.37. The van der Waals surface area contributed by atoms with Crippen LogP contribution in [0.5, 0.6) is 0 Å². The van der Waals surface area contributed by atoms with Crippen LogP contribution in [0.15, 0.2) is 11.6 Å². The largest absolute Gasteiger partial charge is 0.329 e. The molecule has 1 saturated carbocycles. The zero-order valence-corrected chi connectivity index (χ0v) is 7.23. The Morgan fingerprint density at radius 2 is 2.45 bits per heavy atom. The molecule has 0 spiro atoms. The lowest BCUT2D eigenvalue weighted by molar-refractivity contribution is 0.252. The zero-order chi connectivity index (χ0) is 7.73. The summed E-state index contributed by atoms with van der Waals surface area (Å²) in [6, 6.07) is 0. The van der Waals surface area contributed by atoms with E-state index >= 15 is 0 Å². The van der Waals surface area contributed by atoms with Crippen molar-refractivity contribution >= 4 is 11.3 Å². The monoisotopic (exact) mass is 168 g/mol. The van der Waals surface area contributed by atoms with E-state index < -0.39 is 0 Å². The summed E-state index contributed by atoms with van der Waals surface area (Å²) < 4.78 is 0. The molecule has 0 aromatic carbocycles. The van der Waals surface area contributed by atoms with Crippen LogP contribution in [0.1, 0.15) is 24.3 Å². The number of rotatable bonds is 2. The minimum atomic E-state index is 0.272. The van der Waals surface area contributed by atoms with Gasteiger partial charge in [-0.1, -0.05) is 6.42 Å². The fourth-order valence-electron chi connectivity index (χ4n) is 1.59. The lowest BCUT2D eigenvalue weighted by atomic mass is 9.69. The normalized spacial score (nSPS) is 21.2. The molecule has 2 rings (SSSR count). The Balaban J connectivity index is 2.25. The van der Waals surface area contributed by atoms with E-state index in [1.54, 1.807) is 11.3 Å². The molecular formula is C8H12N2S. The van der Waals surface area contributed by atoms with Crippen molar-refractivity contribution in [1.82, 2.24) is 4.98 Å². The molecular weight excluding hydrogens is 156 g/mol. The third-order valence-electron chi connectivity index (χ3n) is 2.59. The molecule has 1 aliphatic carbocycles. The molecule has 1 aliphatic rings. The number of hydrogen-bond acceptors (Lipinski definition) is 3. The van der Waals surface area contributed by atoms with E-state index in [-0.39, 0.29) is 5.41 Å². The maximum Gasteiger partial charge on any atom is 0.0999 e. The summed E-state index contributed by atoms with van der Waals surface area (Å²) in [4.78, 5) is 4.32. The van der Waals surface area contributed by atoms with E-state index in [9.17, 15) is 0 Å². The highest BCUT2D eigenvalue weighted by molar-refractivity contribution is 7.09. The van der Waals surface area contributed by atoms with Gasteiger partial charge in [0, 0.05) is 23.5 Å². The second-order valence-corrected chi connectivity index (χ2v) is 4.07. The van der Waals surface area contributed by atoms with E-state index in [2.05, 4.69) is 4.98 Å². The fourth-order valence-corrected chi connectivity index (χ4v) is 2.50. The van der Waals surface area contributed by atoms with Crippen molar-refractivity contribution in [3.05, 3.63) is 16.6 Å². The van der Waals surface area contributed by atoms with Gasteiger partial charge in [-0.15, -0.1) is 11.3 Å². The van der Waals surface area contributed by atoms with Crippen LogP contribution in [-0.4, -0.2) is 11.5 Å². The molecule has 0 bridgehead atoms. The molecule has 2 N–H and O–H groups in total. The second kappa shape index (κ2) is 2.57. The van der Waals surface area contributed by atoms with Crippen LogP contribution in [-0.2, 0) is 5.41 Å². The third kappa shape index (κ3) is 0.993. The average Bonchev–Trinajstić information content (AvgIpc) is 2.39. The van der Waals surface area contributed by atoms with Gasteiger partial charge in [0.1, 0.15) is 0 Å². The number of nitrogens with zero attached hydrogens (tertiary/aromatic N) is 1. The number of hydrogen-bond donors (Lipinski definition) is 1. The number of nitrogens with two attached hydrogens (primary N) is 1. The van der Waals surface area contributed by atoms with Gasteiger partial charge in [-0.05, 0) is 12.8 Å². The van der Waals surface area contributed by atoms with Gasteiger partial charge in [-0.3, -0.25) is 0 Å². The Labute approximate surface area is 70.5 Å². The van der Waals surface area contributed by atoms with Gasteiger partial charge in [-0.25, -0.2) is 4.98 Å². The summed E-state index contributed by atoms with van der Waals surface area (Å²) in [6.45, 7) is 0.764. The Kier molecular flexibility index (Phi) is 1.69. The van der Waals surface area contributed by atoms with E-state index in [1.807, 2.05) is 11.6 Å². The van der Waals surface area contributed by atoms with Crippen LogP contribution < -0.4 is 5.73 Å². The first-order valence-electron chi connectivity index (χ1n) is 3.97. The third-order valence-corrected chi connectivity index (χ3v) is 3.61. The van der Waals surface area contributed by atoms with Gasteiger partial charge >= 0.3 is 0 Å². The van der Waals surface area contributed by atoms with Gasteiger partial charge < -0.3 is 5.73 Å². The first kappa shape index (κ1) is 7.25. The van der Waals surface area contributed by atoms with Crippen molar-refractivity contribution in [3.8, 4) is 0 Å². The van der Waals surface area contributed by atoms with E-state index in [4.69, 9.17) is 5.73 Å². The van der Waals surface area contributed by atoms with E-state index in [0.717, 1.165) is 6.54 Å². The Morgan fingerprint density at radius 1 is 1.64 bits per heavy atom. The summed E-state index contributed by atoms with van der Waals surface area (Å²) in [5, 5.41) is 3.27. The molecule has 3 heteroatoms. The summed E-state index contributed by atoms with van der Waals surface area (Å²) in [5.74, 6) is 0. The lowest BCUT2D eigenvalue weighted by Gasteiger charge is -2.38. The summed E-state index contributed by atoms with van der Waals surface area (Å²) in [5.41, 5.74) is 6.00. The SMILES string of the molecule is NCC1(c2nccs2)CCC1. The molecule has 1 fully saturated rings. The Morgan fingerprint density at radius 3 is 2.82 bits per heavy atom. The average molecular weight is 168 g/mol. The van der Waals surface area contributed by atoms with Gasteiger partial charge in [0.25, 0.3) is 0 Å². The minimum Gasteiger partial charge on any atom is -0.329 e. The molecule has 0 amide bonds. The molecule has 11 heavy (non-hydrogen) atoms. The standard InChI is InChI=1S/C8H12N2S/c9-6-8(2-1-3-8)7-10-4-5-11-7/h4-5H,1-3,6,9H2. The van der Waals surface area contributed by atoms with Crippen LogP contribution in [0.3, 0.4) is 0 Å². The molecule has 1 aromatic rings. The van der Waals surface area contributed by atoms with Crippen molar-refractivity contribution in [1.29, 1.82) is 0 Å². The van der Waals surface area contributed by atoms with Crippen molar-refractivity contribution < 1.29 is 0 Å². The van der Waals surface area contributed by atoms with Crippen molar-refractivity contribution in [2.75, 3.05) is 6.54 Å². The molecule has 0 unspecified atom stereocenters. The maximum absolute atomic E-state index is 5.73. The molecule has 2 nitrogen and oxygen atoms in total. The van der Waals surface area contributed by atoms with Crippen LogP contribution in [0.2, 0.25) is 0 Å². The topological polar surface area (TPSA) is 38.9 Å². The molecule has 0 saturated heterocycles. The van der Waals surface area contributed by atoms with E-state index in [0.29, 0.717) is 0 Å². The van der Waals surface area contributed by atoms with Crippen LogP contribution >= 0.6 is 11.3 Å². The van der Waals surface area contributed by atoms with Crippen LogP contribution in [0.4, 0.5) is 0 Å². The Hall–Kier alpha value is -0.410. The highest BCUT2D eigenvalue weighted by Gasteiger charge is 2.39. The summed E-state index contributed by atoms with van der Waals surface area (Å²) >= 11 is 1.74. The zero-order valence-electron chi connectivity index (χ0n) is 6.42. The predicted octanol–water partition coefficient (Wildman–Crippen LogP) is 1.52. The van der Waals surface area contributed by atoms with Gasteiger partial charge in [0.05, 0.1) is 5.01 Å². The summed E-state index contributed by atoms with van der Waals surface area (Å²) in [6.07, 6.45) is 5.65. The number of aromatic nitrogens is 1. The van der Waals surface area contributed by atoms with Gasteiger partial charge in [0.15, 0.2) is 0 Å². The maximum atomic E-state index is 5.73. The van der Waals surface area contributed by atoms with Gasteiger partial charge in [-0.2, -0.15) is 0 Å². The van der Waals surface area contributed by atoms with Crippen molar-refractivity contribution in [3.63, 3.8) is 0 Å². The molecule has 1 aromatic heterocycles. The fraction of sp³-hybridized carbons (Fsp3) is 0.625. The molecule has 0 atom stereocenters. The smallest absolute Gasteiger partial charge is 0.0999 e. The van der Waals surface area contributed by atoms with Crippen molar-refractivity contribution in [2.24, 2.45) is 5.73 Å². The molecule has 60 valence electrons. The number of thiazole rings is 1. The lowest BCUT2D eigenvalue weighted by Crippen LogP contribution is -2.41. The highest BCUT2D eigenvalue weighted by Crippen LogP contribution is 2.43. The molecule has 0 aliphatic heterocycles. The van der Waals surface area contributed by atoms with Gasteiger partial charge in [0.2, 0.25) is 0 Å². The van der Waals surface area contributed by atoms with E-state index in [1.165, 1.54) is 24.3 Å². The quantitative estimate of drug-likeness (QED) is 0.727.